The van der Waals surface area contributed by atoms with E-state index in [1.165, 1.54) is 0 Å². The van der Waals surface area contributed by atoms with Gasteiger partial charge < -0.3 is 15.3 Å². The fourth-order valence-electron chi connectivity index (χ4n) is 3.86. The highest BCUT2D eigenvalue weighted by atomic mass is 16.4. The van der Waals surface area contributed by atoms with Gasteiger partial charge in [-0.1, -0.05) is 25.1 Å². The molecule has 0 bridgehead atoms. The number of rotatable bonds is 4. The van der Waals surface area contributed by atoms with Gasteiger partial charge in [-0.2, -0.15) is 5.26 Å². The average Bonchev–Trinajstić information content (AvgIpc) is 2.64. The number of aromatic carboxylic acids is 1. The monoisotopic (exact) mass is 363 g/mol. The van der Waals surface area contributed by atoms with Gasteiger partial charge in [0.2, 0.25) is 0 Å². The Bertz CT molecular complexity index is 901. The number of nitriles is 1. The van der Waals surface area contributed by atoms with Crippen LogP contribution in [0, 0.1) is 31.1 Å². The number of carbonyl (C=O) groups is 1. The molecule has 0 amide bonds. The minimum atomic E-state index is -0.897. The van der Waals surface area contributed by atoms with Crippen LogP contribution in [0.15, 0.2) is 36.4 Å². The predicted octanol–water partition coefficient (Wildman–Crippen LogP) is 4.20. The van der Waals surface area contributed by atoms with Crippen molar-refractivity contribution in [2.45, 2.75) is 33.2 Å². The topological polar surface area (TPSA) is 76.4 Å². The number of piperidine rings is 1. The molecule has 2 atom stereocenters. The molecule has 0 aliphatic carbocycles. The zero-order valence-corrected chi connectivity index (χ0v) is 16.0. The number of carboxylic acid groups (broad SMARTS) is 1. The van der Waals surface area contributed by atoms with Crippen LogP contribution in [0.3, 0.4) is 0 Å². The highest BCUT2D eigenvalue weighted by molar-refractivity contribution is 5.91. The van der Waals surface area contributed by atoms with Crippen molar-refractivity contribution in [3.05, 3.63) is 58.7 Å². The zero-order chi connectivity index (χ0) is 19.6. The Kier molecular flexibility index (Phi) is 5.36. The number of nitrogens with zero attached hydrogens (tertiary/aromatic N) is 2. The van der Waals surface area contributed by atoms with E-state index in [1.807, 2.05) is 44.2 Å². The van der Waals surface area contributed by atoms with Gasteiger partial charge in [0.05, 0.1) is 16.8 Å². The molecule has 140 valence electrons. The molecule has 27 heavy (non-hydrogen) atoms. The molecule has 2 N–H and O–H groups in total. The molecule has 3 rings (SSSR count). The van der Waals surface area contributed by atoms with E-state index in [9.17, 15) is 15.2 Å². The van der Waals surface area contributed by atoms with Gasteiger partial charge in [0.1, 0.15) is 6.07 Å². The van der Waals surface area contributed by atoms with E-state index in [-0.39, 0.29) is 6.04 Å². The van der Waals surface area contributed by atoms with E-state index in [4.69, 9.17) is 0 Å². The lowest BCUT2D eigenvalue weighted by Crippen LogP contribution is -2.45. The lowest BCUT2D eigenvalue weighted by atomic mass is 9.92. The summed E-state index contributed by atoms with van der Waals surface area (Å²) in [7, 11) is 0. The molecule has 2 aromatic rings. The van der Waals surface area contributed by atoms with Crippen LogP contribution in [-0.2, 0) is 0 Å². The van der Waals surface area contributed by atoms with Crippen molar-refractivity contribution in [1.29, 1.82) is 5.26 Å². The van der Waals surface area contributed by atoms with Gasteiger partial charge in [-0.3, -0.25) is 0 Å². The molecule has 2 aromatic carbocycles. The van der Waals surface area contributed by atoms with E-state index in [1.54, 1.807) is 6.07 Å². The zero-order valence-electron chi connectivity index (χ0n) is 16.0. The third-order valence-electron chi connectivity index (χ3n) is 5.41. The first kappa shape index (κ1) is 18.8. The molecular weight excluding hydrogens is 338 g/mol. The van der Waals surface area contributed by atoms with Crippen molar-refractivity contribution < 1.29 is 9.90 Å². The number of para-hydroxylation sites is 1. The summed E-state index contributed by atoms with van der Waals surface area (Å²) >= 11 is 0. The van der Waals surface area contributed by atoms with Gasteiger partial charge in [-0.25, -0.2) is 4.79 Å². The van der Waals surface area contributed by atoms with Crippen LogP contribution in [0.2, 0.25) is 0 Å². The Morgan fingerprint density at radius 1 is 1.26 bits per heavy atom. The Morgan fingerprint density at radius 3 is 2.67 bits per heavy atom. The summed E-state index contributed by atoms with van der Waals surface area (Å²) in [5.74, 6) is -0.536. The van der Waals surface area contributed by atoms with E-state index < -0.39 is 5.97 Å². The quantitative estimate of drug-likeness (QED) is 0.851. The number of aryl methyl sites for hydroxylation is 2. The van der Waals surface area contributed by atoms with Crippen molar-refractivity contribution in [2.75, 3.05) is 23.3 Å². The number of hydrogen-bond acceptors (Lipinski definition) is 4. The SMILES string of the molecule is Cc1cc(C)c(C(=O)O)cc1N[C@H]1CCN(c2ccccc2C#N)C[C@H]1C. The second-order valence-electron chi connectivity index (χ2n) is 7.38. The van der Waals surface area contributed by atoms with Gasteiger partial charge >= 0.3 is 5.97 Å². The normalized spacial score (nSPS) is 19.4. The molecule has 0 saturated carbocycles. The van der Waals surface area contributed by atoms with Crippen molar-refractivity contribution in [3.63, 3.8) is 0 Å². The van der Waals surface area contributed by atoms with Crippen LogP contribution in [0.1, 0.15) is 40.4 Å². The Labute approximate surface area is 160 Å². The summed E-state index contributed by atoms with van der Waals surface area (Å²) in [4.78, 5) is 13.7. The van der Waals surface area contributed by atoms with Crippen molar-refractivity contribution >= 4 is 17.3 Å². The first-order chi connectivity index (χ1) is 12.9. The highest BCUT2D eigenvalue weighted by Crippen LogP contribution is 2.29. The summed E-state index contributed by atoms with van der Waals surface area (Å²) in [5, 5.41) is 22.3. The van der Waals surface area contributed by atoms with Crippen molar-refractivity contribution in [3.8, 4) is 6.07 Å². The van der Waals surface area contributed by atoms with E-state index in [0.29, 0.717) is 17.0 Å². The van der Waals surface area contributed by atoms with Gasteiger partial charge in [0.15, 0.2) is 0 Å². The fraction of sp³-hybridized carbons (Fsp3) is 0.364. The molecular formula is C22H25N3O2. The van der Waals surface area contributed by atoms with Crippen LogP contribution >= 0.6 is 0 Å². The summed E-state index contributed by atoms with van der Waals surface area (Å²) in [5.41, 5.74) is 4.77. The Hall–Kier alpha value is -3.00. The Balaban J connectivity index is 1.76. The standard InChI is InChI=1S/C22H25N3O2/c1-14-10-15(2)20(11-18(14)22(26)27)24-19-8-9-25(13-16(19)3)21-7-5-4-6-17(21)12-23/h4-7,10-11,16,19,24H,8-9,13H2,1-3H3,(H,26,27)/t16-,19+/m1/s1. The van der Waals surface area contributed by atoms with Crippen LogP contribution in [-0.4, -0.2) is 30.2 Å². The van der Waals surface area contributed by atoms with Crippen molar-refractivity contribution in [1.82, 2.24) is 0 Å². The molecule has 1 aliphatic rings. The lowest BCUT2D eigenvalue weighted by Gasteiger charge is -2.39. The first-order valence-electron chi connectivity index (χ1n) is 9.26. The fourth-order valence-corrected chi connectivity index (χ4v) is 3.86. The third kappa shape index (κ3) is 3.90. The van der Waals surface area contributed by atoms with E-state index >= 15 is 0 Å². The van der Waals surface area contributed by atoms with E-state index in [2.05, 4.69) is 23.2 Å². The summed E-state index contributed by atoms with van der Waals surface area (Å²) in [6, 6.07) is 13.9. The molecule has 0 spiro atoms. The van der Waals surface area contributed by atoms with Crippen molar-refractivity contribution in [2.24, 2.45) is 5.92 Å². The Morgan fingerprint density at radius 2 is 2.00 bits per heavy atom. The number of anilines is 2. The predicted molar refractivity (Wildman–Crippen MR) is 107 cm³/mol. The van der Waals surface area contributed by atoms with Gasteiger partial charge in [0.25, 0.3) is 0 Å². The number of carboxylic acids is 1. The van der Waals surface area contributed by atoms with Crippen LogP contribution in [0.4, 0.5) is 11.4 Å². The third-order valence-corrected chi connectivity index (χ3v) is 5.41. The molecule has 0 aromatic heterocycles. The molecule has 0 unspecified atom stereocenters. The number of hydrogen-bond donors (Lipinski definition) is 2. The summed E-state index contributed by atoms with van der Waals surface area (Å²) in [6.07, 6.45) is 0.927. The molecule has 1 fully saturated rings. The average molecular weight is 363 g/mol. The van der Waals surface area contributed by atoms with Crippen LogP contribution in [0.5, 0.6) is 0 Å². The maximum Gasteiger partial charge on any atom is 0.336 e. The number of benzene rings is 2. The largest absolute Gasteiger partial charge is 0.478 e. The molecule has 5 nitrogen and oxygen atoms in total. The van der Waals surface area contributed by atoms with Gasteiger partial charge in [-0.15, -0.1) is 0 Å². The second kappa shape index (κ2) is 7.71. The second-order valence-corrected chi connectivity index (χ2v) is 7.38. The van der Waals surface area contributed by atoms with Gasteiger partial charge in [-0.05, 0) is 55.5 Å². The lowest BCUT2D eigenvalue weighted by molar-refractivity contribution is 0.0696. The van der Waals surface area contributed by atoms with Gasteiger partial charge in [0, 0.05) is 24.8 Å². The number of nitrogens with one attached hydrogen (secondary N) is 1. The summed E-state index contributed by atoms with van der Waals surface area (Å²) in [6.45, 7) is 7.74. The van der Waals surface area contributed by atoms with Crippen LogP contribution in [0.25, 0.3) is 0 Å². The smallest absolute Gasteiger partial charge is 0.336 e. The molecule has 0 radical (unpaired) electrons. The highest BCUT2D eigenvalue weighted by Gasteiger charge is 2.27. The minimum Gasteiger partial charge on any atom is -0.478 e. The minimum absolute atomic E-state index is 0.263. The van der Waals surface area contributed by atoms with Crippen LogP contribution < -0.4 is 10.2 Å². The molecule has 1 saturated heterocycles. The maximum absolute atomic E-state index is 11.4. The molecule has 1 aliphatic heterocycles. The summed E-state index contributed by atoms with van der Waals surface area (Å²) < 4.78 is 0. The molecule has 5 heteroatoms. The first-order valence-corrected chi connectivity index (χ1v) is 9.26. The van der Waals surface area contributed by atoms with E-state index in [0.717, 1.165) is 42.0 Å². The molecule has 1 heterocycles. The maximum atomic E-state index is 11.4.